The van der Waals surface area contributed by atoms with Gasteiger partial charge in [-0.05, 0) is 102 Å². The number of anilines is 4. The lowest BCUT2D eigenvalue weighted by Gasteiger charge is -2.34. The topological polar surface area (TPSA) is 213 Å². The first-order valence-electron chi connectivity index (χ1n) is 26.5. The van der Waals surface area contributed by atoms with Gasteiger partial charge in [0.25, 0.3) is 5.91 Å². The predicted octanol–water partition coefficient (Wildman–Crippen LogP) is 9.21. The van der Waals surface area contributed by atoms with Crippen molar-refractivity contribution in [3.8, 4) is 22.5 Å². The molecule has 2 fully saturated rings. The third kappa shape index (κ3) is 11.8. The van der Waals surface area contributed by atoms with Crippen LogP contribution < -0.4 is 16.0 Å². The van der Waals surface area contributed by atoms with E-state index in [2.05, 4.69) is 107 Å². The number of nitrogens with zero attached hydrogens (tertiary/aromatic N) is 13. The normalized spacial score (nSPS) is 16.4. The number of nitrogens with one attached hydrogen (secondary N) is 3. The minimum Gasteiger partial charge on any atom is -0.478 e. The molecule has 6 aromatic heterocycles. The molecular weight excluding hydrogens is 1030 g/mol. The van der Waals surface area contributed by atoms with Crippen molar-refractivity contribution in [2.45, 2.75) is 85.7 Å². The molecule has 1 amide bonds. The van der Waals surface area contributed by atoms with Gasteiger partial charge in [-0.25, -0.2) is 62.2 Å². The largest absolute Gasteiger partial charge is 0.478 e. The first-order valence-corrected chi connectivity index (χ1v) is 26.5. The van der Waals surface area contributed by atoms with Crippen molar-refractivity contribution in [1.29, 1.82) is 0 Å². The van der Waals surface area contributed by atoms with Crippen LogP contribution in [0.4, 0.5) is 41.1 Å². The molecule has 8 aromatic rings. The number of likely N-dealkylation sites (N-methyl/N-ethyl adjacent to an activating group) is 2. The van der Waals surface area contributed by atoms with Gasteiger partial charge in [-0.3, -0.25) is 4.79 Å². The van der Waals surface area contributed by atoms with Crippen LogP contribution >= 0.6 is 0 Å². The maximum absolute atomic E-state index is 15.1. The van der Waals surface area contributed by atoms with E-state index in [1.165, 1.54) is 69.4 Å². The Morgan fingerprint density at radius 2 is 1.04 bits per heavy atom. The van der Waals surface area contributed by atoms with Gasteiger partial charge in [-0.15, -0.1) is 0 Å². The number of halogens is 4. The molecule has 4 aliphatic rings. The van der Waals surface area contributed by atoms with Crippen molar-refractivity contribution in [2.24, 2.45) is 0 Å². The first-order chi connectivity index (χ1) is 37.9. The Morgan fingerprint density at radius 3 is 1.45 bits per heavy atom. The van der Waals surface area contributed by atoms with Crippen LogP contribution in [-0.2, 0) is 23.9 Å². The molecule has 2 saturated heterocycles. The molecular formula is C57H66F4N16O3. The second-order valence-electron chi connectivity index (χ2n) is 21.1. The van der Waals surface area contributed by atoms with Crippen LogP contribution in [0.5, 0.6) is 0 Å². The third-order valence-electron chi connectivity index (χ3n) is 15.0. The van der Waals surface area contributed by atoms with Crippen molar-refractivity contribution in [3.05, 3.63) is 119 Å². The quantitative estimate of drug-likeness (QED) is 0.0940. The molecule has 12 rings (SSSR count). The van der Waals surface area contributed by atoms with Crippen molar-refractivity contribution < 1.29 is 32.3 Å². The van der Waals surface area contributed by atoms with Gasteiger partial charge >= 0.3 is 5.97 Å². The number of fused-ring (bicyclic) bond motifs is 6. The van der Waals surface area contributed by atoms with E-state index in [9.17, 15) is 22.8 Å². The molecule has 0 atom stereocenters. The molecule has 10 heterocycles. The third-order valence-corrected chi connectivity index (χ3v) is 15.0. The highest BCUT2D eigenvalue weighted by atomic mass is 19.1. The summed E-state index contributed by atoms with van der Waals surface area (Å²) < 4.78 is 63.6. The van der Waals surface area contributed by atoms with Crippen LogP contribution in [0.1, 0.15) is 94.2 Å². The number of carboxylic acid groups (broad SMARTS) is 1. The molecule has 0 aliphatic carbocycles. The lowest BCUT2D eigenvalue weighted by molar-refractivity contribution is 0.0641. The SMILES string of the molecule is C.CC1(C)CCc2nc3c(F)cc(-c4nc(Nc5ccc(C(=O)O)cn5)ncc4F)cc3n21.CCN1CCN(C(=O)c2ccc(Nc3ncc(F)c(-c4cc(F)c5nc6n(c5c4)C(C)(C)CC6)n3)nc2)CC1.CCN1CCNCC1. The minimum atomic E-state index is -1.10. The van der Waals surface area contributed by atoms with Gasteiger partial charge in [0.2, 0.25) is 11.9 Å². The van der Waals surface area contributed by atoms with Gasteiger partial charge in [0.1, 0.15) is 45.7 Å². The Bertz CT molecular complexity index is 3560. The number of aromatic nitrogens is 10. The number of hydrogen-bond donors (Lipinski definition) is 4. The van der Waals surface area contributed by atoms with E-state index in [0.29, 0.717) is 41.1 Å². The highest BCUT2D eigenvalue weighted by Crippen LogP contribution is 2.40. The number of rotatable bonds is 10. The van der Waals surface area contributed by atoms with Gasteiger partial charge in [-0.2, -0.15) is 0 Å². The zero-order chi connectivity index (χ0) is 55.8. The summed E-state index contributed by atoms with van der Waals surface area (Å²) in [6.45, 7) is 22.7. The number of benzene rings is 2. The Balaban J connectivity index is 0.000000170. The molecule has 420 valence electrons. The number of piperazine rings is 2. The molecule has 0 bridgehead atoms. The Labute approximate surface area is 461 Å². The maximum Gasteiger partial charge on any atom is 0.337 e. The lowest BCUT2D eigenvalue weighted by atomic mass is 10.0. The highest BCUT2D eigenvalue weighted by Gasteiger charge is 2.35. The number of amides is 1. The van der Waals surface area contributed by atoms with Crippen molar-refractivity contribution >= 4 is 57.5 Å². The average molecular weight is 1100 g/mol. The fourth-order valence-corrected chi connectivity index (χ4v) is 10.5. The number of aryl methyl sites for hydroxylation is 2. The molecule has 4 N–H and O–H groups in total. The number of carbonyl (C=O) groups excluding carboxylic acids is 1. The highest BCUT2D eigenvalue weighted by molar-refractivity contribution is 5.94. The molecule has 23 heteroatoms. The molecule has 0 spiro atoms. The fourth-order valence-electron chi connectivity index (χ4n) is 10.5. The summed E-state index contributed by atoms with van der Waals surface area (Å²) in [4.78, 5) is 64.1. The van der Waals surface area contributed by atoms with E-state index in [-0.39, 0.29) is 75.7 Å². The van der Waals surface area contributed by atoms with E-state index >= 15 is 4.39 Å². The van der Waals surface area contributed by atoms with Crippen molar-refractivity contribution in [1.82, 2.24) is 69.0 Å². The lowest BCUT2D eigenvalue weighted by Crippen LogP contribution is -2.48. The Kier molecular flexibility index (Phi) is 16.6. The summed E-state index contributed by atoms with van der Waals surface area (Å²) in [7, 11) is 0. The summed E-state index contributed by atoms with van der Waals surface area (Å²) in [6, 6.07) is 12.1. The number of carboxylic acids is 1. The average Bonchev–Trinajstić information content (AvgIpc) is 4.41. The van der Waals surface area contributed by atoms with Gasteiger partial charge in [0.15, 0.2) is 23.3 Å². The zero-order valence-electron chi connectivity index (χ0n) is 44.9. The number of hydrogen-bond acceptors (Lipinski definition) is 15. The van der Waals surface area contributed by atoms with Crippen LogP contribution in [0.2, 0.25) is 0 Å². The molecule has 0 saturated carbocycles. The number of carbonyl (C=O) groups is 2. The predicted molar refractivity (Wildman–Crippen MR) is 298 cm³/mol. The van der Waals surface area contributed by atoms with Crippen LogP contribution in [0.25, 0.3) is 44.6 Å². The van der Waals surface area contributed by atoms with E-state index in [1.807, 2.05) is 14.0 Å². The molecule has 80 heavy (non-hydrogen) atoms. The number of pyridine rings is 2. The number of aromatic carboxylic acids is 1. The first kappa shape index (κ1) is 56.7. The Hall–Kier alpha value is -8.02. The molecule has 4 aliphatic heterocycles. The minimum absolute atomic E-state index is 0. The maximum atomic E-state index is 15.1. The van der Waals surface area contributed by atoms with Gasteiger partial charge in [0.05, 0.1) is 34.6 Å². The van der Waals surface area contributed by atoms with Crippen LogP contribution in [0.15, 0.2) is 73.3 Å². The van der Waals surface area contributed by atoms with E-state index in [0.717, 1.165) is 69.4 Å². The fraction of sp³-hybridized carbons (Fsp3) is 0.404. The molecule has 0 radical (unpaired) electrons. The van der Waals surface area contributed by atoms with Crippen molar-refractivity contribution in [3.63, 3.8) is 0 Å². The van der Waals surface area contributed by atoms with E-state index in [1.54, 1.807) is 24.3 Å². The summed E-state index contributed by atoms with van der Waals surface area (Å²) in [5.41, 5.74) is 2.28. The monoisotopic (exact) mass is 1100 g/mol. The summed E-state index contributed by atoms with van der Waals surface area (Å²) in [6.07, 6.45) is 8.03. The van der Waals surface area contributed by atoms with E-state index in [4.69, 9.17) is 5.11 Å². The van der Waals surface area contributed by atoms with Crippen molar-refractivity contribution in [2.75, 3.05) is 76.1 Å². The Morgan fingerprint density at radius 1 is 0.588 bits per heavy atom. The van der Waals surface area contributed by atoms with Gasteiger partial charge in [0, 0.05) is 99.8 Å². The number of imidazole rings is 2. The molecule has 19 nitrogen and oxygen atoms in total. The second kappa shape index (κ2) is 23.4. The van der Waals surface area contributed by atoms with Crippen LogP contribution in [0.3, 0.4) is 0 Å². The molecule has 0 unspecified atom stereocenters. The summed E-state index contributed by atoms with van der Waals surface area (Å²) >= 11 is 0. The van der Waals surface area contributed by atoms with Crippen LogP contribution in [0, 0.1) is 23.3 Å². The zero-order valence-corrected chi connectivity index (χ0v) is 44.9. The second-order valence-corrected chi connectivity index (χ2v) is 21.1. The van der Waals surface area contributed by atoms with Crippen LogP contribution in [-0.4, -0.2) is 146 Å². The summed E-state index contributed by atoms with van der Waals surface area (Å²) in [5, 5.41) is 18.0. The summed E-state index contributed by atoms with van der Waals surface area (Å²) in [5.74, 6) is -1.14. The van der Waals surface area contributed by atoms with Gasteiger partial charge in [-0.1, -0.05) is 21.3 Å². The van der Waals surface area contributed by atoms with E-state index < -0.39 is 29.2 Å². The smallest absolute Gasteiger partial charge is 0.337 e. The standard InChI is InChI=1S/C28H30F2N8O.C22H18F2N6O2.C6H14N2.CH4/c1-4-36-9-11-37(12-10-36)26(39)17-5-6-22(31-15-17)33-27-32-16-20(30)24(35-27)18-13-19(29)25-21(14-18)38-23(34-25)7-8-28(38,2)3;1-22(2)6-5-17-28-19-13(23)7-12(8-15(19)30(17)22)18-14(24)10-26-21(29-18)27-16-4-3-11(9-25-16)20(31)32;1-2-8-5-3-7-4-6-8;/h5-6,13-16H,4,7-12H2,1-3H3,(H,31,32,33,35);3-4,7-10H,5-6H2,1-2H3,(H,31,32)(H,25,26,27,29);7H,2-6H2,1H3;1H4. The molecule has 2 aromatic carbocycles. The van der Waals surface area contributed by atoms with Gasteiger partial charge < -0.3 is 44.9 Å².